The number of nitriles is 1. The minimum atomic E-state index is 0.0634. The van der Waals surface area contributed by atoms with Gasteiger partial charge in [0.2, 0.25) is 0 Å². The van der Waals surface area contributed by atoms with E-state index in [0.29, 0.717) is 16.3 Å². The predicted octanol–water partition coefficient (Wildman–Crippen LogP) is 5.03. The van der Waals surface area contributed by atoms with E-state index in [-0.39, 0.29) is 5.78 Å². The molecule has 2 heterocycles. The molecule has 118 valence electrons. The number of carbonyl (C=O) groups excluding carboxylic acids is 1. The molecule has 0 unspecified atom stereocenters. The molecule has 0 bridgehead atoms. The summed E-state index contributed by atoms with van der Waals surface area (Å²) in [7, 11) is 0. The summed E-state index contributed by atoms with van der Waals surface area (Å²) in [5, 5.41) is 12.2. The number of ketones is 1. The summed E-state index contributed by atoms with van der Waals surface area (Å²) in [6.07, 6.45) is 0. The zero-order valence-corrected chi connectivity index (χ0v) is 14.7. The Hall–Kier alpha value is -2.42. The molecule has 0 N–H and O–H groups in total. The maximum atomic E-state index is 11.4. The molecule has 0 radical (unpaired) electrons. The lowest BCUT2D eigenvalue weighted by Crippen LogP contribution is -1.99. The smallest absolute Gasteiger partial charge is 0.140 e. The standard InChI is InChI=1S/C19H14N2OS2/c1-13(22)12-24-19-16(11-20)15(18-8-5-9-23-18)10-17(21-19)14-6-3-2-4-7-14/h2-10H,12H2,1H3. The van der Waals surface area contributed by atoms with Crippen LogP contribution in [0.5, 0.6) is 0 Å². The Labute approximate surface area is 149 Å². The monoisotopic (exact) mass is 350 g/mol. The second-order valence-electron chi connectivity index (χ2n) is 5.18. The summed E-state index contributed by atoms with van der Waals surface area (Å²) in [5.41, 5.74) is 3.20. The molecule has 0 spiro atoms. The number of hydrogen-bond donors (Lipinski definition) is 0. The fourth-order valence-corrected chi connectivity index (χ4v) is 3.84. The van der Waals surface area contributed by atoms with Crippen molar-refractivity contribution < 1.29 is 4.79 Å². The molecule has 0 aliphatic heterocycles. The topological polar surface area (TPSA) is 53.8 Å². The number of hydrogen-bond acceptors (Lipinski definition) is 5. The van der Waals surface area contributed by atoms with Gasteiger partial charge in [0.15, 0.2) is 0 Å². The summed E-state index contributed by atoms with van der Waals surface area (Å²) in [5.74, 6) is 0.373. The molecule has 1 aromatic carbocycles. The Morgan fingerprint density at radius 3 is 2.67 bits per heavy atom. The fourth-order valence-electron chi connectivity index (χ4n) is 2.29. The summed E-state index contributed by atoms with van der Waals surface area (Å²) < 4.78 is 0. The Morgan fingerprint density at radius 2 is 2.04 bits per heavy atom. The molecule has 0 saturated carbocycles. The maximum Gasteiger partial charge on any atom is 0.140 e. The number of rotatable bonds is 5. The molecule has 0 aliphatic rings. The Bertz CT molecular complexity index is 897. The molecule has 3 nitrogen and oxygen atoms in total. The Kier molecular flexibility index (Phi) is 5.09. The number of pyridine rings is 1. The van der Waals surface area contributed by atoms with Crippen LogP contribution in [0.1, 0.15) is 12.5 Å². The minimum absolute atomic E-state index is 0.0634. The zero-order valence-electron chi connectivity index (χ0n) is 13.0. The third-order valence-corrected chi connectivity index (χ3v) is 5.39. The van der Waals surface area contributed by atoms with Gasteiger partial charge in [-0.25, -0.2) is 4.98 Å². The Balaban J connectivity index is 2.18. The van der Waals surface area contributed by atoms with Gasteiger partial charge in [-0.2, -0.15) is 5.26 Å². The SMILES string of the molecule is CC(=O)CSc1nc(-c2ccccc2)cc(-c2cccs2)c1C#N. The lowest BCUT2D eigenvalue weighted by molar-refractivity contribution is -0.114. The maximum absolute atomic E-state index is 11.4. The van der Waals surface area contributed by atoms with Gasteiger partial charge < -0.3 is 0 Å². The molecular formula is C19H14N2OS2. The van der Waals surface area contributed by atoms with Crippen molar-refractivity contribution in [2.24, 2.45) is 0 Å². The van der Waals surface area contributed by atoms with Crippen LogP contribution in [0.2, 0.25) is 0 Å². The first-order valence-electron chi connectivity index (χ1n) is 7.35. The van der Waals surface area contributed by atoms with Crippen LogP contribution >= 0.6 is 23.1 Å². The van der Waals surface area contributed by atoms with Crippen molar-refractivity contribution in [3.8, 4) is 27.8 Å². The van der Waals surface area contributed by atoms with E-state index in [4.69, 9.17) is 0 Å². The number of carbonyl (C=O) groups is 1. The molecule has 0 saturated heterocycles. The lowest BCUT2D eigenvalue weighted by atomic mass is 10.0. The van der Waals surface area contributed by atoms with Crippen LogP contribution in [0, 0.1) is 11.3 Å². The number of Topliss-reactive ketones (excluding diaryl/α,β-unsaturated/α-hetero) is 1. The van der Waals surface area contributed by atoms with Crippen LogP contribution in [0.4, 0.5) is 0 Å². The highest BCUT2D eigenvalue weighted by atomic mass is 32.2. The second-order valence-corrected chi connectivity index (χ2v) is 7.09. The van der Waals surface area contributed by atoms with Crippen molar-refractivity contribution in [1.29, 1.82) is 5.26 Å². The second kappa shape index (κ2) is 7.43. The number of thioether (sulfide) groups is 1. The molecule has 5 heteroatoms. The average molecular weight is 350 g/mol. The average Bonchev–Trinajstić information content (AvgIpc) is 3.14. The summed E-state index contributed by atoms with van der Waals surface area (Å²) in [6, 6.07) is 18.0. The highest BCUT2D eigenvalue weighted by Gasteiger charge is 2.16. The fraction of sp³-hybridized carbons (Fsp3) is 0.105. The quantitative estimate of drug-likeness (QED) is 0.606. The zero-order chi connectivity index (χ0) is 16.9. The third kappa shape index (κ3) is 3.56. The van der Waals surface area contributed by atoms with Gasteiger partial charge in [0.25, 0.3) is 0 Å². The first kappa shape index (κ1) is 16.4. The van der Waals surface area contributed by atoms with Crippen LogP contribution in [-0.2, 0) is 4.79 Å². The number of benzene rings is 1. The molecule has 3 rings (SSSR count). The van der Waals surface area contributed by atoms with Crippen molar-refractivity contribution in [1.82, 2.24) is 4.98 Å². The van der Waals surface area contributed by atoms with Crippen LogP contribution < -0.4 is 0 Å². The third-order valence-electron chi connectivity index (χ3n) is 3.37. The predicted molar refractivity (Wildman–Crippen MR) is 99.1 cm³/mol. The molecule has 2 aromatic heterocycles. The largest absolute Gasteiger partial charge is 0.299 e. The molecule has 24 heavy (non-hydrogen) atoms. The molecule has 0 fully saturated rings. The van der Waals surface area contributed by atoms with Gasteiger partial charge >= 0.3 is 0 Å². The van der Waals surface area contributed by atoms with Crippen LogP contribution in [0.3, 0.4) is 0 Å². The van der Waals surface area contributed by atoms with E-state index in [9.17, 15) is 10.1 Å². The van der Waals surface area contributed by atoms with Crippen molar-refractivity contribution in [3.63, 3.8) is 0 Å². The molecule has 0 atom stereocenters. The van der Waals surface area contributed by atoms with E-state index in [1.54, 1.807) is 18.3 Å². The van der Waals surface area contributed by atoms with Gasteiger partial charge in [0.05, 0.1) is 17.0 Å². The summed E-state index contributed by atoms with van der Waals surface area (Å²) >= 11 is 2.91. The van der Waals surface area contributed by atoms with Gasteiger partial charge in [-0.3, -0.25) is 4.79 Å². The van der Waals surface area contributed by atoms with Crippen LogP contribution in [0.25, 0.3) is 21.7 Å². The van der Waals surface area contributed by atoms with E-state index < -0.39 is 0 Å². The molecule has 0 aliphatic carbocycles. The Morgan fingerprint density at radius 1 is 1.25 bits per heavy atom. The van der Waals surface area contributed by atoms with E-state index in [1.165, 1.54) is 11.8 Å². The lowest BCUT2D eigenvalue weighted by Gasteiger charge is -2.11. The van der Waals surface area contributed by atoms with Crippen LogP contribution in [0.15, 0.2) is 58.9 Å². The van der Waals surface area contributed by atoms with Gasteiger partial charge in [0.1, 0.15) is 16.9 Å². The highest BCUT2D eigenvalue weighted by molar-refractivity contribution is 8.00. The van der Waals surface area contributed by atoms with Gasteiger partial charge in [0, 0.05) is 16.0 Å². The van der Waals surface area contributed by atoms with Gasteiger partial charge in [-0.15, -0.1) is 11.3 Å². The molecular weight excluding hydrogens is 336 g/mol. The van der Waals surface area contributed by atoms with Crippen molar-refractivity contribution in [2.45, 2.75) is 11.9 Å². The van der Waals surface area contributed by atoms with E-state index in [1.807, 2.05) is 53.9 Å². The molecule has 3 aromatic rings. The molecule has 0 amide bonds. The number of nitrogens with zero attached hydrogens (tertiary/aromatic N) is 2. The van der Waals surface area contributed by atoms with Gasteiger partial charge in [-0.1, -0.05) is 48.2 Å². The number of thiophene rings is 1. The van der Waals surface area contributed by atoms with E-state index in [0.717, 1.165) is 21.7 Å². The van der Waals surface area contributed by atoms with Crippen LogP contribution in [-0.4, -0.2) is 16.5 Å². The minimum Gasteiger partial charge on any atom is -0.299 e. The first-order chi connectivity index (χ1) is 11.7. The van der Waals surface area contributed by atoms with Gasteiger partial charge in [-0.05, 0) is 24.4 Å². The summed E-state index contributed by atoms with van der Waals surface area (Å²) in [6.45, 7) is 1.54. The normalized spacial score (nSPS) is 10.3. The number of aromatic nitrogens is 1. The van der Waals surface area contributed by atoms with Crippen molar-refractivity contribution in [3.05, 3.63) is 59.5 Å². The van der Waals surface area contributed by atoms with E-state index in [2.05, 4.69) is 11.1 Å². The highest BCUT2D eigenvalue weighted by Crippen LogP contribution is 2.36. The van der Waals surface area contributed by atoms with Crippen molar-refractivity contribution in [2.75, 3.05) is 5.75 Å². The summed E-state index contributed by atoms with van der Waals surface area (Å²) in [4.78, 5) is 17.0. The first-order valence-corrected chi connectivity index (χ1v) is 9.22. The van der Waals surface area contributed by atoms with Crippen molar-refractivity contribution >= 4 is 28.9 Å². The van der Waals surface area contributed by atoms with E-state index >= 15 is 0 Å².